The van der Waals surface area contributed by atoms with Gasteiger partial charge in [0.15, 0.2) is 0 Å². The van der Waals surface area contributed by atoms with E-state index in [1.807, 2.05) is 4.90 Å². The molecular weight excluding hydrogens is 292 g/mol. The highest BCUT2D eigenvalue weighted by molar-refractivity contribution is 8.00. The predicted octanol–water partition coefficient (Wildman–Crippen LogP) is 1.10. The molecule has 6 nitrogen and oxygen atoms in total. The number of carbonyl (C=O) groups is 3. The van der Waals surface area contributed by atoms with Crippen LogP contribution in [-0.4, -0.2) is 57.9 Å². The van der Waals surface area contributed by atoms with Gasteiger partial charge >= 0.3 is 5.97 Å². The lowest BCUT2D eigenvalue weighted by molar-refractivity contribution is -0.140. The molecule has 7 heteroatoms. The van der Waals surface area contributed by atoms with Crippen LogP contribution < -0.4 is 5.32 Å². The van der Waals surface area contributed by atoms with Crippen molar-refractivity contribution in [1.29, 1.82) is 0 Å². The van der Waals surface area contributed by atoms with E-state index in [4.69, 9.17) is 5.11 Å². The zero-order valence-corrected chi connectivity index (χ0v) is 13.4. The van der Waals surface area contributed by atoms with Gasteiger partial charge in [-0.25, -0.2) is 4.79 Å². The van der Waals surface area contributed by atoms with E-state index < -0.39 is 12.0 Å². The monoisotopic (exact) mass is 316 g/mol. The maximum Gasteiger partial charge on any atom is 0.327 e. The van der Waals surface area contributed by atoms with Crippen LogP contribution in [0.1, 0.15) is 39.5 Å². The number of carbonyl (C=O) groups excluding carboxylic acids is 2. The lowest BCUT2D eigenvalue weighted by atomic mass is 10.2. The van der Waals surface area contributed by atoms with Gasteiger partial charge in [-0.3, -0.25) is 9.59 Å². The SMILES string of the molecule is CC(=O)N[C@@H](CSC(C)C(=O)N1CCCCCC1)C(=O)O. The van der Waals surface area contributed by atoms with Crippen LogP contribution in [-0.2, 0) is 14.4 Å². The number of hydrogen-bond acceptors (Lipinski definition) is 4. The fourth-order valence-corrected chi connectivity index (χ4v) is 3.28. The van der Waals surface area contributed by atoms with Crippen molar-refractivity contribution >= 4 is 29.5 Å². The molecule has 0 saturated carbocycles. The predicted molar refractivity (Wildman–Crippen MR) is 82.2 cm³/mol. The molecule has 2 N–H and O–H groups in total. The first-order valence-electron chi connectivity index (χ1n) is 7.32. The minimum atomic E-state index is -1.08. The van der Waals surface area contributed by atoms with Crippen molar-refractivity contribution < 1.29 is 19.5 Å². The fraction of sp³-hybridized carbons (Fsp3) is 0.786. The molecule has 0 aliphatic carbocycles. The molecular formula is C14H24N2O4S. The molecule has 1 rings (SSSR count). The third-order valence-corrected chi connectivity index (χ3v) is 4.68. The Balaban J connectivity index is 2.46. The van der Waals surface area contributed by atoms with Crippen molar-refractivity contribution in [2.24, 2.45) is 0 Å². The Bertz CT molecular complexity index is 381. The summed E-state index contributed by atoms with van der Waals surface area (Å²) in [7, 11) is 0. The second-order valence-corrected chi connectivity index (χ2v) is 6.68. The molecule has 0 radical (unpaired) electrons. The Labute approximate surface area is 129 Å². The molecule has 21 heavy (non-hydrogen) atoms. The summed E-state index contributed by atoms with van der Waals surface area (Å²) in [5, 5.41) is 11.1. The standard InChI is InChI=1S/C14H24N2O4S/c1-10(13(18)16-7-5-3-4-6-8-16)21-9-12(14(19)20)15-11(2)17/h10,12H,3-9H2,1-2H3,(H,15,17)(H,19,20)/t10?,12-/m0/s1. The van der Waals surface area contributed by atoms with E-state index in [2.05, 4.69) is 5.32 Å². The van der Waals surface area contributed by atoms with Gasteiger partial charge in [0.05, 0.1) is 5.25 Å². The summed E-state index contributed by atoms with van der Waals surface area (Å²) in [5.41, 5.74) is 0. The first-order chi connectivity index (χ1) is 9.91. The van der Waals surface area contributed by atoms with Gasteiger partial charge in [-0.1, -0.05) is 12.8 Å². The van der Waals surface area contributed by atoms with Gasteiger partial charge in [0.2, 0.25) is 11.8 Å². The lowest BCUT2D eigenvalue weighted by Gasteiger charge is -2.24. The van der Waals surface area contributed by atoms with Crippen molar-refractivity contribution in [3.8, 4) is 0 Å². The smallest absolute Gasteiger partial charge is 0.327 e. The van der Waals surface area contributed by atoms with Crippen molar-refractivity contribution in [3.63, 3.8) is 0 Å². The van der Waals surface area contributed by atoms with E-state index in [1.54, 1.807) is 6.92 Å². The number of nitrogens with one attached hydrogen (secondary N) is 1. The number of nitrogens with zero attached hydrogens (tertiary/aromatic N) is 1. The summed E-state index contributed by atoms with van der Waals surface area (Å²) in [4.78, 5) is 36.2. The second-order valence-electron chi connectivity index (χ2n) is 5.31. The summed E-state index contributed by atoms with van der Waals surface area (Å²) < 4.78 is 0. The highest BCUT2D eigenvalue weighted by Gasteiger charge is 2.25. The molecule has 0 spiro atoms. The van der Waals surface area contributed by atoms with Crippen molar-refractivity contribution in [2.75, 3.05) is 18.8 Å². The maximum atomic E-state index is 12.3. The van der Waals surface area contributed by atoms with Gasteiger partial charge < -0.3 is 15.3 Å². The zero-order valence-electron chi connectivity index (χ0n) is 12.6. The Kier molecular flexibility index (Phi) is 7.56. The molecule has 120 valence electrons. The molecule has 1 heterocycles. The lowest BCUT2D eigenvalue weighted by Crippen LogP contribution is -2.43. The van der Waals surface area contributed by atoms with Crippen LogP contribution in [0.3, 0.4) is 0 Å². The largest absolute Gasteiger partial charge is 0.480 e. The van der Waals surface area contributed by atoms with Gasteiger partial charge in [0.1, 0.15) is 6.04 Å². The Hall–Kier alpha value is -1.24. The van der Waals surface area contributed by atoms with Gasteiger partial charge in [-0.05, 0) is 19.8 Å². The van der Waals surface area contributed by atoms with Crippen LogP contribution >= 0.6 is 11.8 Å². The molecule has 1 unspecified atom stereocenters. The number of carboxylic acid groups (broad SMARTS) is 1. The summed E-state index contributed by atoms with van der Waals surface area (Å²) in [6.45, 7) is 4.66. The van der Waals surface area contributed by atoms with Gasteiger partial charge in [-0.2, -0.15) is 0 Å². The van der Waals surface area contributed by atoms with E-state index in [0.29, 0.717) is 0 Å². The van der Waals surface area contributed by atoms with E-state index in [9.17, 15) is 14.4 Å². The normalized spacial score (nSPS) is 18.5. The first-order valence-corrected chi connectivity index (χ1v) is 8.37. The average molecular weight is 316 g/mol. The third kappa shape index (κ3) is 6.37. The van der Waals surface area contributed by atoms with E-state index >= 15 is 0 Å². The van der Waals surface area contributed by atoms with Crippen molar-refractivity contribution in [2.45, 2.75) is 50.8 Å². The number of hydrogen-bond donors (Lipinski definition) is 2. The Morgan fingerprint density at radius 1 is 1.19 bits per heavy atom. The zero-order chi connectivity index (χ0) is 15.8. The number of thioether (sulfide) groups is 1. The number of likely N-dealkylation sites (tertiary alicyclic amines) is 1. The first kappa shape index (κ1) is 17.8. The topological polar surface area (TPSA) is 86.7 Å². The van der Waals surface area contributed by atoms with E-state index in [1.165, 1.54) is 18.7 Å². The molecule has 2 amide bonds. The Morgan fingerprint density at radius 2 is 1.76 bits per heavy atom. The maximum absolute atomic E-state index is 12.3. The van der Waals surface area contributed by atoms with Crippen LogP contribution in [0.4, 0.5) is 0 Å². The molecule has 0 aromatic rings. The fourth-order valence-electron chi connectivity index (χ4n) is 2.28. The number of amides is 2. The number of rotatable bonds is 6. The minimum absolute atomic E-state index is 0.0638. The summed E-state index contributed by atoms with van der Waals surface area (Å²) >= 11 is 1.28. The number of carboxylic acids is 1. The number of aliphatic carboxylic acids is 1. The molecule has 2 atom stereocenters. The molecule has 1 aliphatic rings. The summed E-state index contributed by atoms with van der Waals surface area (Å²) in [6, 6.07) is -0.952. The van der Waals surface area contributed by atoms with Crippen LogP contribution in [0.2, 0.25) is 0 Å². The molecule has 1 fully saturated rings. The molecule has 1 saturated heterocycles. The highest BCUT2D eigenvalue weighted by Crippen LogP contribution is 2.18. The van der Waals surface area contributed by atoms with E-state index in [0.717, 1.165) is 38.8 Å². The summed E-state index contributed by atoms with van der Waals surface area (Å²) in [5.74, 6) is -1.20. The third-order valence-electron chi connectivity index (χ3n) is 3.45. The highest BCUT2D eigenvalue weighted by atomic mass is 32.2. The molecule has 0 aromatic heterocycles. The minimum Gasteiger partial charge on any atom is -0.480 e. The average Bonchev–Trinajstić information content (AvgIpc) is 2.70. The van der Waals surface area contributed by atoms with Gasteiger partial charge in [-0.15, -0.1) is 11.8 Å². The quantitative estimate of drug-likeness (QED) is 0.766. The molecule has 1 aliphatic heterocycles. The van der Waals surface area contributed by atoms with Gasteiger partial charge in [0, 0.05) is 25.8 Å². The van der Waals surface area contributed by atoms with E-state index in [-0.39, 0.29) is 22.8 Å². The van der Waals surface area contributed by atoms with Gasteiger partial charge in [0.25, 0.3) is 0 Å². The van der Waals surface area contributed by atoms with Crippen LogP contribution in [0.15, 0.2) is 0 Å². The van der Waals surface area contributed by atoms with Crippen molar-refractivity contribution in [3.05, 3.63) is 0 Å². The van der Waals surface area contributed by atoms with Crippen LogP contribution in [0.25, 0.3) is 0 Å². The Morgan fingerprint density at radius 3 is 2.24 bits per heavy atom. The molecule has 0 bridgehead atoms. The summed E-state index contributed by atoms with van der Waals surface area (Å²) in [6.07, 6.45) is 4.39. The van der Waals surface area contributed by atoms with Crippen LogP contribution in [0, 0.1) is 0 Å². The van der Waals surface area contributed by atoms with Crippen LogP contribution in [0.5, 0.6) is 0 Å². The second kappa shape index (κ2) is 8.92. The van der Waals surface area contributed by atoms with Crippen molar-refractivity contribution in [1.82, 2.24) is 10.2 Å². The molecule has 0 aromatic carbocycles.